The summed E-state index contributed by atoms with van der Waals surface area (Å²) in [7, 11) is -2.20. The van der Waals surface area contributed by atoms with E-state index in [1.165, 1.54) is 25.3 Å². The summed E-state index contributed by atoms with van der Waals surface area (Å²) in [6.45, 7) is 1.79. The topological polar surface area (TPSA) is 81.4 Å². The number of ether oxygens (including phenoxy) is 1. The summed E-state index contributed by atoms with van der Waals surface area (Å²) in [5.74, 6) is 0.338. The smallest absolute Gasteiger partial charge is 0.241 e. The van der Waals surface area contributed by atoms with Crippen molar-refractivity contribution < 1.29 is 13.2 Å². The Morgan fingerprint density at radius 1 is 1.14 bits per heavy atom. The Balaban J connectivity index is 2.26. The number of hydrogen-bond acceptors (Lipinski definition) is 4. The zero-order chi connectivity index (χ0) is 15.5. The first-order valence-corrected chi connectivity index (χ1v) is 7.93. The molecule has 0 unspecified atom stereocenters. The number of nitrogens with one attached hydrogen (secondary N) is 1. The highest BCUT2D eigenvalue weighted by Gasteiger charge is 2.19. The molecule has 0 aromatic heterocycles. The van der Waals surface area contributed by atoms with Crippen LogP contribution in [0.1, 0.15) is 18.5 Å². The molecule has 2 aromatic rings. The maximum absolute atomic E-state index is 12.4. The molecule has 0 aliphatic carbocycles. The average molecular weight is 306 g/mol. The van der Waals surface area contributed by atoms with Crippen molar-refractivity contribution in [3.63, 3.8) is 0 Å². The number of hydrogen-bond donors (Lipinski definition) is 2. The highest BCUT2D eigenvalue weighted by molar-refractivity contribution is 7.89. The van der Waals surface area contributed by atoms with Gasteiger partial charge in [0.05, 0.1) is 17.7 Å². The molecule has 3 N–H and O–H groups in total. The van der Waals surface area contributed by atoms with Crippen molar-refractivity contribution in [3.8, 4) is 5.75 Å². The first kappa shape index (κ1) is 15.3. The van der Waals surface area contributed by atoms with Crippen molar-refractivity contribution in [1.82, 2.24) is 4.72 Å². The van der Waals surface area contributed by atoms with E-state index in [0.717, 1.165) is 5.56 Å². The van der Waals surface area contributed by atoms with Gasteiger partial charge in [-0.1, -0.05) is 30.3 Å². The second-order valence-electron chi connectivity index (χ2n) is 4.66. The molecule has 1 atom stereocenters. The standard InChI is InChI=1S/C15H18N2O3S/c1-11(12-6-4-3-5-7-12)17-21(18,19)13-8-9-14(16)15(10-13)20-2/h3-11,17H,16H2,1-2H3/t11-/m0/s1. The lowest BCUT2D eigenvalue weighted by Crippen LogP contribution is -2.26. The third-order valence-corrected chi connectivity index (χ3v) is 4.69. The van der Waals surface area contributed by atoms with Gasteiger partial charge in [0.15, 0.2) is 0 Å². The van der Waals surface area contributed by atoms with Crippen LogP contribution in [0.5, 0.6) is 5.75 Å². The Bertz CT molecular complexity index is 715. The fourth-order valence-electron chi connectivity index (χ4n) is 1.97. The molecule has 0 saturated heterocycles. The minimum atomic E-state index is -3.64. The van der Waals surface area contributed by atoms with Crippen LogP contribution in [0.15, 0.2) is 53.4 Å². The van der Waals surface area contributed by atoms with E-state index in [0.29, 0.717) is 11.4 Å². The monoisotopic (exact) mass is 306 g/mol. The summed E-state index contributed by atoms with van der Waals surface area (Å²) in [5.41, 5.74) is 6.98. The van der Waals surface area contributed by atoms with Gasteiger partial charge in [0, 0.05) is 12.1 Å². The van der Waals surface area contributed by atoms with Gasteiger partial charge < -0.3 is 10.5 Å². The number of rotatable bonds is 5. The second-order valence-corrected chi connectivity index (χ2v) is 6.37. The van der Waals surface area contributed by atoms with Crippen molar-refractivity contribution in [1.29, 1.82) is 0 Å². The van der Waals surface area contributed by atoms with Crippen LogP contribution in [-0.4, -0.2) is 15.5 Å². The van der Waals surface area contributed by atoms with E-state index < -0.39 is 10.0 Å². The van der Waals surface area contributed by atoms with Gasteiger partial charge in [-0.05, 0) is 24.6 Å². The molecule has 6 heteroatoms. The van der Waals surface area contributed by atoms with E-state index in [2.05, 4.69) is 4.72 Å². The molecular formula is C15H18N2O3S. The third-order valence-electron chi connectivity index (χ3n) is 3.15. The number of nitrogen functional groups attached to an aromatic ring is 1. The van der Waals surface area contributed by atoms with Crippen LogP contribution in [0.4, 0.5) is 5.69 Å². The number of nitrogens with two attached hydrogens (primary N) is 1. The predicted molar refractivity (Wildman–Crippen MR) is 82.6 cm³/mol. The van der Waals surface area contributed by atoms with Gasteiger partial charge >= 0.3 is 0 Å². The van der Waals surface area contributed by atoms with E-state index in [9.17, 15) is 8.42 Å². The Morgan fingerprint density at radius 3 is 2.43 bits per heavy atom. The molecule has 0 saturated carbocycles. The van der Waals surface area contributed by atoms with Crippen LogP contribution >= 0.6 is 0 Å². The Kier molecular flexibility index (Phi) is 4.50. The lowest BCUT2D eigenvalue weighted by Gasteiger charge is -2.15. The molecule has 2 aromatic carbocycles. The predicted octanol–water partition coefficient (Wildman–Crippen LogP) is 2.32. The SMILES string of the molecule is COc1cc(S(=O)(=O)N[C@@H](C)c2ccccc2)ccc1N. The third kappa shape index (κ3) is 3.53. The van der Waals surface area contributed by atoms with Gasteiger partial charge in [-0.25, -0.2) is 13.1 Å². The van der Waals surface area contributed by atoms with Crippen LogP contribution < -0.4 is 15.2 Å². The Hall–Kier alpha value is -2.05. The van der Waals surface area contributed by atoms with Crippen LogP contribution in [0.25, 0.3) is 0 Å². The van der Waals surface area contributed by atoms with Crippen LogP contribution in [-0.2, 0) is 10.0 Å². The summed E-state index contributed by atoms with van der Waals surface area (Å²) in [6, 6.07) is 13.4. The average Bonchev–Trinajstić information content (AvgIpc) is 2.48. The molecule has 0 radical (unpaired) electrons. The maximum Gasteiger partial charge on any atom is 0.241 e. The van der Waals surface area contributed by atoms with Gasteiger partial charge in [0.2, 0.25) is 10.0 Å². The lowest BCUT2D eigenvalue weighted by atomic mass is 10.1. The molecule has 0 aliphatic heterocycles. The van der Waals surface area contributed by atoms with Gasteiger partial charge in [-0.2, -0.15) is 0 Å². The van der Waals surface area contributed by atoms with E-state index in [-0.39, 0.29) is 10.9 Å². The molecule has 2 rings (SSSR count). The van der Waals surface area contributed by atoms with E-state index in [4.69, 9.17) is 10.5 Å². The molecule has 0 aliphatic rings. The number of benzene rings is 2. The fraction of sp³-hybridized carbons (Fsp3) is 0.200. The van der Waals surface area contributed by atoms with Crippen molar-refractivity contribution >= 4 is 15.7 Å². The first-order chi connectivity index (χ1) is 9.94. The number of methoxy groups -OCH3 is 1. The van der Waals surface area contributed by atoms with Gasteiger partial charge in [0.1, 0.15) is 5.75 Å². The molecule has 112 valence electrons. The molecule has 21 heavy (non-hydrogen) atoms. The largest absolute Gasteiger partial charge is 0.495 e. The zero-order valence-electron chi connectivity index (χ0n) is 11.9. The highest BCUT2D eigenvalue weighted by atomic mass is 32.2. The quantitative estimate of drug-likeness (QED) is 0.831. The van der Waals surface area contributed by atoms with E-state index in [1.807, 2.05) is 30.3 Å². The van der Waals surface area contributed by atoms with Crippen LogP contribution in [0, 0.1) is 0 Å². The van der Waals surface area contributed by atoms with Gasteiger partial charge in [-0.15, -0.1) is 0 Å². The molecule has 0 spiro atoms. The Morgan fingerprint density at radius 2 is 1.81 bits per heavy atom. The fourth-order valence-corrected chi connectivity index (χ4v) is 3.22. The summed E-state index contributed by atoms with van der Waals surface area (Å²) in [5, 5.41) is 0. The second kappa shape index (κ2) is 6.15. The molecule has 0 fully saturated rings. The van der Waals surface area contributed by atoms with Crippen molar-refractivity contribution in [2.45, 2.75) is 17.9 Å². The molecule has 0 bridgehead atoms. The first-order valence-electron chi connectivity index (χ1n) is 6.45. The number of anilines is 1. The van der Waals surface area contributed by atoms with E-state index >= 15 is 0 Å². The molecular weight excluding hydrogens is 288 g/mol. The number of sulfonamides is 1. The minimum absolute atomic E-state index is 0.122. The summed E-state index contributed by atoms with van der Waals surface area (Å²) < 4.78 is 32.5. The van der Waals surface area contributed by atoms with Crippen molar-refractivity contribution in [2.24, 2.45) is 0 Å². The summed E-state index contributed by atoms with van der Waals surface area (Å²) in [6.07, 6.45) is 0. The Labute approximate surface area is 124 Å². The zero-order valence-corrected chi connectivity index (χ0v) is 12.7. The van der Waals surface area contributed by atoms with Crippen molar-refractivity contribution in [3.05, 3.63) is 54.1 Å². The minimum Gasteiger partial charge on any atom is -0.495 e. The summed E-state index contributed by atoms with van der Waals surface area (Å²) in [4.78, 5) is 0.122. The van der Waals surface area contributed by atoms with Gasteiger partial charge in [0.25, 0.3) is 0 Å². The summed E-state index contributed by atoms with van der Waals surface area (Å²) >= 11 is 0. The molecule has 5 nitrogen and oxygen atoms in total. The van der Waals surface area contributed by atoms with Crippen molar-refractivity contribution in [2.75, 3.05) is 12.8 Å². The van der Waals surface area contributed by atoms with Crippen LogP contribution in [0.2, 0.25) is 0 Å². The van der Waals surface area contributed by atoms with E-state index in [1.54, 1.807) is 6.92 Å². The maximum atomic E-state index is 12.4. The lowest BCUT2D eigenvalue weighted by molar-refractivity contribution is 0.415. The normalized spacial score (nSPS) is 12.9. The highest BCUT2D eigenvalue weighted by Crippen LogP contribution is 2.25. The van der Waals surface area contributed by atoms with Crippen LogP contribution in [0.3, 0.4) is 0 Å². The molecule has 0 amide bonds. The van der Waals surface area contributed by atoms with Gasteiger partial charge in [-0.3, -0.25) is 0 Å². The molecule has 0 heterocycles.